The van der Waals surface area contributed by atoms with Crippen LogP contribution in [-0.4, -0.2) is 83.9 Å². The minimum Gasteiger partial charge on any atom is -0.894 e. The van der Waals surface area contributed by atoms with E-state index in [1.54, 1.807) is 0 Å². The normalized spacial score (nSPS) is 6.67. The maximum atomic E-state index is 8.58. The third-order valence-corrected chi connectivity index (χ3v) is 0. The van der Waals surface area contributed by atoms with Gasteiger partial charge in [-0.05, 0) is 0 Å². The Labute approximate surface area is 123 Å². The summed E-state index contributed by atoms with van der Waals surface area (Å²) in [5.41, 5.74) is 0. The molecule has 0 aromatic carbocycles. The fourth-order valence-electron chi connectivity index (χ4n) is 0. The van der Waals surface area contributed by atoms with E-state index in [-0.39, 0.29) is 97.3 Å². The van der Waals surface area contributed by atoms with Gasteiger partial charge >= 0.3 is 97.3 Å². The van der Waals surface area contributed by atoms with Gasteiger partial charge in [-0.2, -0.15) is 0 Å². The molecule has 0 aromatic heterocycles. The fraction of sp³-hybridized carbons (Fsp3) is 0. The molecule has 0 aliphatic carbocycles. The van der Waals surface area contributed by atoms with Crippen LogP contribution in [0.3, 0.4) is 0 Å². The summed E-state index contributed by atoms with van der Waals surface area (Å²) < 4.78 is 0. The summed E-state index contributed by atoms with van der Waals surface area (Å²) in [5.74, 6) is 0. The maximum Gasteiger partial charge on any atom is 5.00 e. The zero-order valence-electron chi connectivity index (χ0n) is 4.44. The monoisotopic (exact) mass is 321 g/mol. The molecule has 0 unspecified atom stereocenters. The summed E-state index contributed by atoms with van der Waals surface area (Å²) in [6.07, 6.45) is 0. The van der Waals surface area contributed by atoms with Crippen LogP contribution in [-0.2, 0) is 22.4 Å². The second-order valence-corrected chi connectivity index (χ2v) is 1.50. The van der Waals surface area contributed by atoms with E-state index >= 15 is 0 Å². The molecule has 0 bridgehead atoms. The Kier molecular flexibility index (Phi) is 45.2. The second kappa shape index (κ2) is 13.8. The van der Waals surface area contributed by atoms with Crippen molar-refractivity contribution in [1.82, 2.24) is 0 Å². The van der Waals surface area contributed by atoms with Crippen molar-refractivity contribution in [1.29, 1.82) is 0 Å². The van der Waals surface area contributed by atoms with E-state index in [9.17, 15) is 0 Å². The number of hydrogen-bond donors (Lipinski definition) is 0. The van der Waals surface area contributed by atoms with Crippen molar-refractivity contribution in [2.45, 2.75) is 0 Å². The summed E-state index contributed by atoms with van der Waals surface area (Å²) in [5, 5.41) is 0. The van der Waals surface area contributed by atoms with Crippen LogP contribution in [0.5, 0.6) is 0 Å². The van der Waals surface area contributed by atoms with Crippen LogP contribution in [0, 0.1) is 0 Å². The summed E-state index contributed by atoms with van der Waals surface area (Å²) in [7, 11) is -5.61. The van der Waals surface area contributed by atoms with Crippen LogP contribution in [0.15, 0.2) is 0 Å². The molecule has 9 heavy (non-hydrogen) atoms. The summed E-state index contributed by atoms with van der Waals surface area (Å²) in [4.78, 5) is 34.3. The molecule has 0 rings (SSSR count). The van der Waals surface area contributed by atoms with Gasteiger partial charge in [0.1, 0.15) is 0 Å². The van der Waals surface area contributed by atoms with E-state index in [2.05, 4.69) is 0 Å². The molecule has 0 N–H and O–H groups in total. The predicted octanol–water partition coefficient (Wildman–Crippen LogP) is -6.28. The van der Waals surface area contributed by atoms with Crippen molar-refractivity contribution in [3.63, 3.8) is 0 Å². The molecule has 0 heterocycles. The molecule has 0 aromatic rings. The van der Waals surface area contributed by atoms with Gasteiger partial charge in [-0.15, -0.1) is 0 Å². The molecule has 0 amide bonds. The van der Waals surface area contributed by atoms with E-state index in [1.807, 2.05) is 0 Å². The Morgan fingerprint density at radius 2 is 0.889 bits per heavy atom. The minimum atomic E-state index is -5.61. The molecular formula is AlCaGaNbO4Si+9. The molecule has 0 radical (unpaired) electrons. The Bertz CT molecular complexity index is 36.0. The summed E-state index contributed by atoms with van der Waals surface area (Å²) in [6.45, 7) is 0. The van der Waals surface area contributed by atoms with Gasteiger partial charge in [0.25, 0.3) is 0 Å². The topological polar surface area (TPSA) is 92.2 Å². The average Bonchev–Trinajstić information content (AvgIpc) is 0.722. The first kappa shape index (κ1) is 29.5. The molecule has 0 saturated carbocycles. The number of hydrogen-bond acceptors (Lipinski definition) is 4. The Morgan fingerprint density at radius 3 is 0.889 bits per heavy atom. The van der Waals surface area contributed by atoms with Crippen LogP contribution in [0.2, 0.25) is 0 Å². The predicted molar refractivity (Wildman–Crippen MR) is 23.0 cm³/mol. The van der Waals surface area contributed by atoms with Crippen molar-refractivity contribution in [3.05, 3.63) is 0 Å². The van der Waals surface area contributed by atoms with Gasteiger partial charge in [-0.1, -0.05) is 0 Å². The fourth-order valence-corrected chi connectivity index (χ4v) is 0. The zero-order chi connectivity index (χ0) is 4.50. The van der Waals surface area contributed by atoms with Crippen molar-refractivity contribution in [2.75, 3.05) is 0 Å². The smallest absolute Gasteiger partial charge is 0.894 e. The van der Waals surface area contributed by atoms with Gasteiger partial charge < -0.3 is 28.2 Å². The third kappa shape index (κ3) is 91.8. The van der Waals surface area contributed by atoms with E-state index in [4.69, 9.17) is 19.2 Å². The Morgan fingerprint density at radius 1 is 0.889 bits per heavy atom. The maximum absolute atomic E-state index is 8.58. The van der Waals surface area contributed by atoms with Crippen LogP contribution < -0.4 is 19.2 Å². The molecule has 0 atom stereocenters. The molecule has 0 fully saturated rings. The largest absolute Gasteiger partial charge is 5.00 e. The van der Waals surface area contributed by atoms with E-state index < -0.39 is 9.05 Å². The third-order valence-electron chi connectivity index (χ3n) is 0. The SMILES string of the molecule is [Al+3].[Ca+2].[Ga+3].[Nb+5].[O-][Si]([O-])([O-])[O-]. The molecule has 0 spiro atoms. The second-order valence-electron chi connectivity index (χ2n) is 0.500. The van der Waals surface area contributed by atoms with Gasteiger partial charge in [0.2, 0.25) is 0 Å². The Balaban J connectivity index is -0.0000000133. The van der Waals surface area contributed by atoms with Crippen LogP contribution in [0.4, 0.5) is 0 Å². The van der Waals surface area contributed by atoms with Gasteiger partial charge in [-0.25, -0.2) is 0 Å². The van der Waals surface area contributed by atoms with Crippen LogP contribution in [0.25, 0.3) is 0 Å². The molecule has 9 heteroatoms. The Hall–Kier alpha value is 3.23. The standard InChI is InChI=1S/Al.Ca.Ga.Nb.O4Si/c;;;;1-5(2,3)4/q+3;+2;+3;+5;-4. The van der Waals surface area contributed by atoms with Crippen LogP contribution in [0.1, 0.15) is 0 Å². The van der Waals surface area contributed by atoms with Crippen LogP contribution >= 0.6 is 0 Å². The van der Waals surface area contributed by atoms with Crippen molar-refractivity contribution >= 4 is 83.9 Å². The van der Waals surface area contributed by atoms with Gasteiger partial charge in [0, 0.05) is 0 Å². The first-order valence-corrected chi connectivity index (χ1v) is 2.45. The summed E-state index contributed by atoms with van der Waals surface area (Å²) in [6, 6.07) is 0. The zero-order valence-corrected chi connectivity index (χ0v) is 13.4. The molecule has 4 nitrogen and oxygen atoms in total. The molecule has 32 valence electrons. The van der Waals surface area contributed by atoms with Crippen molar-refractivity contribution < 1.29 is 41.6 Å². The first-order chi connectivity index (χ1) is 2.00. The average molecular weight is 322 g/mol. The van der Waals surface area contributed by atoms with Gasteiger partial charge in [0.15, 0.2) is 0 Å². The van der Waals surface area contributed by atoms with E-state index in [0.29, 0.717) is 0 Å². The number of rotatable bonds is 0. The van der Waals surface area contributed by atoms with E-state index in [1.165, 1.54) is 0 Å². The molecule has 0 aliphatic heterocycles. The summed E-state index contributed by atoms with van der Waals surface area (Å²) >= 11 is 0. The van der Waals surface area contributed by atoms with E-state index in [0.717, 1.165) is 0 Å². The molecule has 0 aliphatic rings. The van der Waals surface area contributed by atoms with Gasteiger partial charge in [0.05, 0.1) is 0 Å². The van der Waals surface area contributed by atoms with Crippen molar-refractivity contribution in [2.24, 2.45) is 0 Å². The minimum absolute atomic E-state index is 0. The first-order valence-electron chi connectivity index (χ1n) is 0.816. The molecule has 0 saturated heterocycles. The van der Waals surface area contributed by atoms with Gasteiger partial charge in [-0.3, -0.25) is 0 Å². The molecular weight excluding hydrogens is 322 g/mol. The quantitative estimate of drug-likeness (QED) is 0.415. The van der Waals surface area contributed by atoms with Crippen molar-refractivity contribution in [3.8, 4) is 0 Å².